The van der Waals surface area contributed by atoms with E-state index in [4.69, 9.17) is 27.9 Å². The third-order valence-electron chi connectivity index (χ3n) is 5.49. The van der Waals surface area contributed by atoms with E-state index in [0.29, 0.717) is 28.6 Å². The molecule has 1 fully saturated rings. The molecule has 0 bridgehead atoms. The third-order valence-corrected chi connectivity index (χ3v) is 6.02. The molecule has 0 spiro atoms. The van der Waals surface area contributed by atoms with Gasteiger partial charge in [-0.05, 0) is 56.0 Å². The molecular formula is C23H26Cl2N2O3. The number of aryl methyl sites for hydroxylation is 2. The van der Waals surface area contributed by atoms with Crippen LogP contribution in [0.25, 0.3) is 0 Å². The van der Waals surface area contributed by atoms with Gasteiger partial charge >= 0.3 is 0 Å². The van der Waals surface area contributed by atoms with Gasteiger partial charge in [0.05, 0.1) is 5.02 Å². The molecule has 1 aliphatic carbocycles. The molecule has 1 aliphatic rings. The smallest absolute Gasteiger partial charge is 0.258 e. The molecule has 0 unspecified atom stereocenters. The van der Waals surface area contributed by atoms with Gasteiger partial charge in [0.2, 0.25) is 5.91 Å². The molecule has 0 heterocycles. The molecule has 1 saturated carbocycles. The molecule has 2 N–H and O–H groups in total. The van der Waals surface area contributed by atoms with Crippen LogP contribution in [-0.2, 0) is 9.59 Å². The van der Waals surface area contributed by atoms with Crippen LogP contribution in [0, 0.1) is 13.8 Å². The van der Waals surface area contributed by atoms with Crippen LogP contribution in [0.4, 0.5) is 5.69 Å². The number of halogens is 2. The number of carbonyl (C=O) groups excluding carboxylic acids is 2. The Morgan fingerprint density at radius 2 is 1.70 bits per heavy atom. The molecule has 0 radical (unpaired) electrons. The lowest BCUT2D eigenvalue weighted by molar-refractivity contribution is -0.132. The molecule has 2 amide bonds. The van der Waals surface area contributed by atoms with Crippen molar-refractivity contribution in [2.24, 2.45) is 0 Å². The van der Waals surface area contributed by atoms with Gasteiger partial charge in [0, 0.05) is 10.7 Å². The van der Waals surface area contributed by atoms with Crippen LogP contribution in [0.5, 0.6) is 5.75 Å². The number of ether oxygens (including phenoxy) is 1. The van der Waals surface area contributed by atoms with Crippen molar-refractivity contribution in [3.63, 3.8) is 0 Å². The fourth-order valence-corrected chi connectivity index (χ4v) is 4.31. The summed E-state index contributed by atoms with van der Waals surface area (Å²) in [6, 6.07) is 10.7. The van der Waals surface area contributed by atoms with Gasteiger partial charge in [-0.2, -0.15) is 0 Å². The van der Waals surface area contributed by atoms with Gasteiger partial charge in [-0.3, -0.25) is 9.59 Å². The number of amides is 2. The monoisotopic (exact) mass is 448 g/mol. The second-order valence-corrected chi connectivity index (χ2v) is 8.62. The van der Waals surface area contributed by atoms with Gasteiger partial charge in [0.1, 0.15) is 11.3 Å². The number of benzene rings is 2. The van der Waals surface area contributed by atoms with E-state index >= 15 is 0 Å². The predicted octanol–water partition coefficient (Wildman–Crippen LogP) is 5.45. The quantitative estimate of drug-likeness (QED) is 0.617. The van der Waals surface area contributed by atoms with Crippen LogP contribution in [0.1, 0.15) is 43.2 Å². The highest BCUT2D eigenvalue weighted by Gasteiger charge is 2.41. The van der Waals surface area contributed by atoms with Crippen molar-refractivity contribution < 1.29 is 14.3 Å². The van der Waals surface area contributed by atoms with E-state index in [-0.39, 0.29) is 18.4 Å². The summed E-state index contributed by atoms with van der Waals surface area (Å²) in [4.78, 5) is 26.0. The maximum Gasteiger partial charge on any atom is 0.258 e. The Bertz CT molecular complexity index is 920. The van der Waals surface area contributed by atoms with E-state index in [1.807, 2.05) is 32.0 Å². The normalized spacial score (nSPS) is 15.3. The zero-order valence-corrected chi connectivity index (χ0v) is 18.7. The Morgan fingerprint density at radius 3 is 2.33 bits per heavy atom. The highest BCUT2D eigenvalue weighted by molar-refractivity contribution is 6.35. The first-order valence-corrected chi connectivity index (χ1v) is 10.8. The first kappa shape index (κ1) is 22.4. The summed E-state index contributed by atoms with van der Waals surface area (Å²) < 4.78 is 5.54. The molecule has 5 nitrogen and oxygen atoms in total. The molecule has 0 atom stereocenters. The molecule has 2 aromatic carbocycles. The zero-order valence-electron chi connectivity index (χ0n) is 17.2. The molecule has 0 aliphatic heterocycles. The fraction of sp³-hybridized carbons (Fsp3) is 0.391. The fourth-order valence-electron chi connectivity index (χ4n) is 3.85. The minimum Gasteiger partial charge on any atom is -0.482 e. The Morgan fingerprint density at radius 1 is 1.03 bits per heavy atom. The van der Waals surface area contributed by atoms with Crippen molar-refractivity contribution in [3.05, 3.63) is 57.6 Å². The molecule has 30 heavy (non-hydrogen) atoms. The van der Waals surface area contributed by atoms with Crippen molar-refractivity contribution >= 4 is 40.7 Å². The predicted molar refractivity (Wildman–Crippen MR) is 120 cm³/mol. The van der Waals surface area contributed by atoms with Crippen LogP contribution in [0.2, 0.25) is 10.0 Å². The summed E-state index contributed by atoms with van der Waals surface area (Å²) in [6.07, 6.45) is 3.99. The molecule has 3 rings (SSSR count). The Balaban J connectivity index is 1.71. The van der Waals surface area contributed by atoms with Crippen LogP contribution < -0.4 is 15.4 Å². The number of anilines is 1. The minimum atomic E-state index is -0.947. The number of para-hydroxylation sites is 1. The second kappa shape index (κ2) is 9.71. The van der Waals surface area contributed by atoms with Gasteiger partial charge < -0.3 is 15.4 Å². The number of nitrogens with one attached hydrogen (secondary N) is 2. The van der Waals surface area contributed by atoms with Crippen molar-refractivity contribution in [2.75, 3.05) is 11.9 Å². The highest BCUT2D eigenvalue weighted by atomic mass is 35.5. The van der Waals surface area contributed by atoms with Crippen LogP contribution in [0.15, 0.2) is 36.4 Å². The Kier molecular flexibility index (Phi) is 7.27. The molecule has 0 aromatic heterocycles. The van der Waals surface area contributed by atoms with Gasteiger partial charge in [-0.15, -0.1) is 0 Å². The maximum atomic E-state index is 13.3. The lowest BCUT2D eigenvalue weighted by Crippen LogP contribution is -2.58. The van der Waals surface area contributed by atoms with Gasteiger partial charge in [-0.1, -0.05) is 60.7 Å². The second-order valence-electron chi connectivity index (χ2n) is 7.78. The van der Waals surface area contributed by atoms with Crippen LogP contribution in [-0.4, -0.2) is 24.0 Å². The summed E-state index contributed by atoms with van der Waals surface area (Å²) in [5.41, 5.74) is 1.82. The summed E-state index contributed by atoms with van der Waals surface area (Å²) in [6.45, 7) is 3.68. The SMILES string of the molecule is Cc1cccc(C)c1NC(=O)C1(NC(=O)COc2ccc(Cl)cc2Cl)CCCCC1. The van der Waals surface area contributed by atoms with Crippen molar-refractivity contribution in [1.82, 2.24) is 5.32 Å². The van der Waals surface area contributed by atoms with E-state index in [0.717, 1.165) is 36.1 Å². The number of rotatable bonds is 6. The summed E-state index contributed by atoms with van der Waals surface area (Å²) in [5, 5.41) is 6.82. The lowest BCUT2D eigenvalue weighted by atomic mass is 9.80. The van der Waals surface area contributed by atoms with Gasteiger partial charge in [0.25, 0.3) is 5.91 Å². The van der Waals surface area contributed by atoms with E-state index in [9.17, 15) is 9.59 Å². The third kappa shape index (κ3) is 5.27. The summed E-state index contributed by atoms with van der Waals surface area (Å²) in [5.74, 6) is -0.175. The standard InChI is InChI=1S/C23H26Cl2N2O3/c1-15-7-6-8-16(2)21(15)26-22(29)23(11-4-3-5-12-23)27-20(28)14-30-19-10-9-17(24)13-18(19)25/h6-10,13H,3-5,11-12,14H2,1-2H3,(H,26,29)(H,27,28). The average Bonchev–Trinajstić information content (AvgIpc) is 2.70. The van der Waals surface area contributed by atoms with Crippen LogP contribution >= 0.6 is 23.2 Å². The van der Waals surface area contributed by atoms with Crippen molar-refractivity contribution in [3.8, 4) is 5.75 Å². The van der Waals surface area contributed by atoms with E-state index in [2.05, 4.69) is 10.6 Å². The first-order chi connectivity index (χ1) is 14.3. The van der Waals surface area contributed by atoms with Gasteiger partial charge in [-0.25, -0.2) is 0 Å². The first-order valence-electron chi connectivity index (χ1n) is 10.1. The molecule has 160 valence electrons. The summed E-state index contributed by atoms with van der Waals surface area (Å²) >= 11 is 12.0. The zero-order chi connectivity index (χ0) is 21.7. The van der Waals surface area contributed by atoms with E-state index in [1.54, 1.807) is 18.2 Å². The topological polar surface area (TPSA) is 67.4 Å². The van der Waals surface area contributed by atoms with Crippen molar-refractivity contribution in [2.45, 2.75) is 51.5 Å². The number of hydrogen-bond donors (Lipinski definition) is 2. The lowest BCUT2D eigenvalue weighted by Gasteiger charge is -2.37. The summed E-state index contributed by atoms with van der Waals surface area (Å²) in [7, 11) is 0. The molecule has 2 aromatic rings. The number of carbonyl (C=O) groups is 2. The van der Waals surface area contributed by atoms with Gasteiger partial charge in [0.15, 0.2) is 6.61 Å². The Labute approximate surface area is 187 Å². The van der Waals surface area contributed by atoms with Crippen LogP contribution in [0.3, 0.4) is 0 Å². The Hall–Kier alpha value is -2.24. The van der Waals surface area contributed by atoms with E-state index < -0.39 is 5.54 Å². The molecule has 7 heteroatoms. The number of hydrogen-bond acceptors (Lipinski definition) is 3. The van der Waals surface area contributed by atoms with E-state index in [1.165, 1.54) is 0 Å². The maximum absolute atomic E-state index is 13.3. The molecular weight excluding hydrogens is 423 g/mol. The average molecular weight is 449 g/mol. The highest BCUT2D eigenvalue weighted by Crippen LogP contribution is 2.31. The van der Waals surface area contributed by atoms with Crippen molar-refractivity contribution in [1.29, 1.82) is 0 Å². The largest absolute Gasteiger partial charge is 0.482 e. The molecule has 0 saturated heterocycles. The minimum absolute atomic E-state index is 0.183.